The Morgan fingerprint density at radius 1 is 1.56 bits per heavy atom. The minimum atomic E-state index is -0.943. The molecule has 56 valence electrons. The minimum absolute atomic E-state index is 0.551. The van der Waals surface area contributed by atoms with Crippen LogP contribution in [0.4, 0.5) is 4.79 Å². The molecule has 0 aromatic rings. The van der Waals surface area contributed by atoms with Crippen LogP contribution in [0, 0.1) is 0 Å². The van der Waals surface area contributed by atoms with Crippen LogP contribution in [-0.2, 0) is 0 Å². The fourth-order valence-electron chi connectivity index (χ4n) is 0.232. The number of hydrogen-bond donors (Lipinski definition) is 2. The van der Waals surface area contributed by atoms with Gasteiger partial charge in [0.2, 0.25) is 0 Å². The molecule has 0 spiro atoms. The Labute approximate surface area is 56.1 Å². The topological polar surface area (TPSA) is 49.3 Å². The maximum absolute atomic E-state index is 9.65. The van der Waals surface area contributed by atoms with Gasteiger partial charge in [-0.1, -0.05) is 20.8 Å². The normalized spacial score (nSPS) is 7.00. The third kappa shape index (κ3) is 18.9. The van der Waals surface area contributed by atoms with Gasteiger partial charge in [-0.3, -0.25) is 0 Å². The Balaban J connectivity index is 0. The molecule has 0 aromatic heterocycles. The predicted molar refractivity (Wildman–Crippen MR) is 37.7 cm³/mol. The maximum atomic E-state index is 9.65. The second kappa shape index (κ2) is 10.3. The van der Waals surface area contributed by atoms with Crippen LogP contribution in [0.25, 0.3) is 0 Å². The molecule has 0 aromatic carbocycles. The lowest BCUT2D eigenvalue weighted by molar-refractivity contribution is 0.194. The average molecular weight is 133 g/mol. The highest BCUT2D eigenvalue weighted by molar-refractivity contribution is 5.64. The first kappa shape index (κ1) is 11.1. The first-order valence-electron chi connectivity index (χ1n) is 3.24. The molecule has 0 aliphatic carbocycles. The summed E-state index contributed by atoms with van der Waals surface area (Å²) in [4.78, 5) is 9.65. The van der Waals surface area contributed by atoms with Crippen molar-refractivity contribution in [1.29, 1.82) is 0 Å². The van der Waals surface area contributed by atoms with E-state index in [-0.39, 0.29) is 0 Å². The number of nitrogens with one attached hydrogen (secondary N) is 1. The van der Waals surface area contributed by atoms with Crippen LogP contribution in [0.1, 0.15) is 27.2 Å². The Morgan fingerprint density at radius 3 is 2.11 bits per heavy atom. The molecule has 0 saturated carbocycles. The van der Waals surface area contributed by atoms with Crippen molar-refractivity contribution in [2.24, 2.45) is 0 Å². The van der Waals surface area contributed by atoms with E-state index in [0.29, 0.717) is 6.54 Å². The highest BCUT2D eigenvalue weighted by Crippen LogP contribution is 1.67. The van der Waals surface area contributed by atoms with Crippen LogP contribution >= 0.6 is 0 Å². The van der Waals surface area contributed by atoms with E-state index in [9.17, 15) is 4.79 Å². The molecule has 0 rings (SSSR count). The van der Waals surface area contributed by atoms with Gasteiger partial charge in [-0.15, -0.1) is 0 Å². The van der Waals surface area contributed by atoms with Crippen molar-refractivity contribution in [2.75, 3.05) is 6.54 Å². The van der Waals surface area contributed by atoms with Gasteiger partial charge in [0.1, 0.15) is 0 Å². The molecule has 0 unspecified atom stereocenters. The van der Waals surface area contributed by atoms with Crippen molar-refractivity contribution >= 4 is 6.09 Å². The number of carboxylic acid groups (broad SMARTS) is 1. The van der Waals surface area contributed by atoms with Gasteiger partial charge in [0.05, 0.1) is 0 Å². The molecule has 1 amide bonds. The van der Waals surface area contributed by atoms with Crippen LogP contribution in [-0.4, -0.2) is 17.7 Å². The SMILES string of the molecule is CC.CCCNC(=O)O. The lowest BCUT2D eigenvalue weighted by Crippen LogP contribution is -2.20. The van der Waals surface area contributed by atoms with Gasteiger partial charge in [0.25, 0.3) is 0 Å². The van der Waals surface area contributed by atoms with Crippen LogP contribution in [0.3, 0.4) is 0 Å². The van der Waals surface area contributed by atoms with Crippen molar-refractivity contribution in [3.63, 3.8) is 0 Å². The zero-order valence-corrected chi connectivity index (χ0v) is 6.27. The molecule has 0 saturated heterocycles. The Bertz CT molecular complexity index is 64.1. The first-order chi connectivity index (χ1) is 4.27. The summed E-state index contributed by atoms with van der Waals surface area (Å²) in [7, 11) is 0. The van der Waals surface area contributed by atoms with E-state index in [2.05, 4.69) is 5.32 Å². The van der Waals surface area contributed by atoms with Crippen molar-refractivity contribution in [2.45, 2.75) is 27.2 Å². The van der Waals surface area contributed by atoms with Crippen LogP contribution in [0.5, 0.6) is 0 Å². The quantitative estimate of drug-likeness (QED) is 0.602. The van der Waals surface area contributed by atoms with Gasteiger partial charge < -0.3 is 10.4 Å². The highest BCUT2D eigenvalue weighted by Gasteiger charge is 1.86. The van der Waals surface area contributed by atoms with Crippen molar-refractivity contribution in [3.8, 4) is 0 Å². The summed E-state index contributed by atoms with van der Waals surface area (Å²) in [5, 5.41) is 10.1. The maximum Gasteiger partial charge on any atom is 0.404 e. The number of hydrogen-bond acceptors (Lipinski definition) is 1. The van der Waals surface area contributed by atoms with E-state index in [0.717, 1.165) is 6.42 Å². The van der Waals surface area contributed by atoms with E-state index in [4.69, 9.17) is 5.11 Å². The zero-order chi connectivity index (χ0) is 7.70. The summed E-state index contributed by atoms with van der Waals surface area (Å²) in [6.07, 6.45) is -0.0893. The molecule has 0 bridgehead atoms. The van der Waals surface area contributed by atoms with E-state index < -0.39 is 6.09 Å². The molecule has 9 heavy (non-hydrogen) atoms. The second-order valence-corrected chi connectivity index (χ2v) is 1.23. The van der Waals surface area contributed by atoms with E-state index in [1.807, 2.05) is 20.8 Å². The highest BCUT2D eigenvalue weighted by atomic mass is 16.4. The van der Waals surface area contributed by atoms with Crippen molar-refractivity contribution in [1.82, 2.24) is 5.32 Å². The van der Waals surface area contributed by atoms with Gasteiger partial charge in [-0.25, -0.2) is 4.79 Å². The fourth-order valence-corrected chi connectivity index (χ4v) is 0.232. The molecule has 0 atom stereocenters. The molecule has 0 heterocycles. The lowest BCUT2D eigenvalue weighted by Gasteiger charge is -1.91. The third-order valence-electron chi connectivity index (χ3n) is 0.526. The van der Waals surface area contributed by atoms with E-state index >= 15 is 0 Å². The molecule has 0 fully saturated rings. The first-order valence-corrected chi connectivity index (χ1v) is 3.24. The van der Waals surface area contributed by atoms with E-state index in [1.165, 1.54) is 0 Å². The number of carbonyl (C=O) groups is 1. The molecule has 0 aliphatic heterocycles. The van der Waals surface area contributed by atoms with Gasteiger partial charge in [-0.05, 0) is 6.42 Å². The molecule has 0 aliphatic rings. The fraction of sp³-hybridized carbons (Fsp3) is 0.833. The molecular weight excluding hydrogens is 118 g/mol. The molecular formula is C6H15NO2. The van der Waals surface area contributed by atoms with Crippen LogP contribution in [0.15, 0.2) is 0 Å². The molecule has 2 N–H and O–H groups in total. The largest absolute Gasteiger partial charge is 0.465 e. The summed E-state index contributed by atoms with van der Waals surface area (Å²) in [6, 6.07) is 0. The third-order valence-corrected chi connectivity index (χ3v) is 0.526. The van der Waals surface area contributed by atoms with Crippen LogP contribution in [0.2, 0.25) is 0 Å². The number of rotatable bonds is 2. The average Bonchev–Trinajstić information content (AvgIpc) is 1.88. The summed E-state index contributed by atoms with van der Waals surface area (Å²) in [5.74, 6) is 0. The van der Waals surface area contributed by atoms with E-state index in [1.54, 1.807) is 0 Å². The minimum Gasteiger partial charge on any atom is -0.465 e. The van der Waals surface area contributed by atoms with Gasteiger partial charge in [-0.2, -0.15) is 0 Å². The summed E-state index contributed by atoms with van der Waals surface area (Å²) < 4.78 is 0. The monoisotopic (exact) mass is 133 g/mol. The standard InChI is InChI=1S/C4H9NO2.C2H6/c1-2-3-5-4(6)7;1-2/h5H,2-3H2,1H3,(H,6,7);1-2H3. The predicted octanol–water partition coefficient (Wildman–Crippen LogP) is 1.69. The summed E-state index contributed by atoms with van der Waals surface area (Å²) in [6.45, 7) is 6.46. The van der Waals surface area contributed by atoms with Crippen molar-refractivity contribution < 1.29 is 9.90 Å². The molecule has 0 radical (unpaired) electrons. The van der Waals surface area contributed by atoms with Crippen molar-refractivity contribution in [3.05, 3.63) is 0 Å². The Kier molecular flexibility index (Phi) is 12.7. The molecule has 3 nitrogen and oxygen atoms in total. The lowest BCUT2D eigenvalue weighted by atomic mass is 10.5. The van der Waals surface area contributed by atoms with Gasteiger partial charge in [0.15, 0.2) is 0 Å². The summed E-state index contributed by atoms with van der Waals surface area (Å²) >= 11 is 0. The second-order valence-electron chi connectivity index (χ2n) is 1.23. The van der Waals surface area contributed by atoms with Crippen LogP contribution < -0.4 is 5.32 Å². The smallest absolute Gasteiger partial charge is 0.404 e. The summed E-state index contributed by atoms with van der Waals surface area (Å²) in [5.41, 5.74) is 0. The van der Waals surface area contributed by atoms with Gasteiger partial charge in [0, 0.05) is 6.54 Å². The van der Waals surface area contributed by atoms with Gasteiger partial charge >= 0.3 is 6.09 Å². The number of amides is 1. The zero-order valence-electron chi connectivity index (χ0n) is 6.27. The molecule has 3 heteroatoms. The Hall–Kier alpha value is -0.730. The Morgan fingerprint density at radius 2 is 2.00 bits per heavy atom.